The Morgan fingerprint density at radius 2 is 0.613 bits per heavy atom. The third-order valence-corrected chi connectivity index (χ3v) is 10.8. The van der Waals surface area contributed by atoms with Crippen molar-refractivity contribution in [1.29, 1.82) is 0 Å². The van der Waals surface area contributed by atoms with Crippen LogP contribution in [-0.4, -0.2) is 0 Å². The predicted molar refractivity (Wildman–Crippen MR) is 136 cm³/mol. The highest BCUT2D eigenvalue weighted by Gasteiger charge is 2.29. The van der Waals surface area contributed by atoms with Crippen LogP contribution in [0.3, 0.4) is 0 Å². The lowest BCUT2D eigenvalue weighted by Gasteiger charge is -2.36. The van der Waals surface area contributed by atoms with Gasteiger partial charge in [-0.05, 0) is 60.2 Å². The summed E-state index contributed by atoms with van der Waals surface area (Å²) in [4.78, 5) is 0. The van der Waals surface area contributed by atoms with Crippen LogP contribution in [0.1, 0.15) is 149 Å². The first-order valence-corrected chi connectivity index (χ1v) is 15.1. The summed E-state index contributed by atoms with van der Waals surface area (Å²) in [7, 11) is 0. The minimum Gasteiger partial charge on any atom is -0.0625 e. The summed E-state index contributed by atoms with van der Waals surface area (Å²) in [5.74, 6) is 8.59. The van der Waals surface area contributed by atoms with Gasteiger partial charge in [-0.25, -0.2) is 0 Å². The van der Waals surface area contributed by atoms with Gasteiger partial charge in [0.2, 0.25) is 0 Å². The molecule has 0 aromatic carbocycles. The molecular weight excluding hydrogens is 372 g/mol. The fraction of sp³-hybridized carbons (Fsp3) is 1.00. The van der Waals surface area contributed by atoms with E-state index in [1.165, 1.54) is 44.9 Å². The Balaban J connectivity index is 1.04. The maximum Gasteiger partial charge on any atom is -0.0411 e. The highest BCUT2D eigenvalue weighted by Crippen LogP contribution is 2.42. The lowest BCUT2D eigenvalue weighted by molar-refractivity contribution is 0.163. The molecule has 0 saturated heterocycles. The minimum absolute atomic E-state index is 1.02. The Morgan fingerprint density at radius 1 is 0.355 bits per heavy atom. The SMILES string of the molecule is CC1CCC(CCCC2CCC(CC3CCC(CC4CCC(C)CC4)CC3)CC2)CC1. The summed E-state index contributed by atoms with van der Waals surface area (Å²) >= 11 is 0. The third kappa shape index (κ3) is 8.07. The minimum atomic E-state index is 1.02. The summed E-state index contributed by atoms with van der Waals surface area (Å²) < 4.78 is 0. The zero-order chi connectivity index (χ0) is 21.5. The van der Waals surface area contributed by atoms with Crippen molar-refractivity contribution < 1.29 is 0 Å². The van der Waals surface area contributed by atoms with Gasteiger partial charge in [-0.1, -0.05) is 136 Å². The topological polar surface area (TPSA) is 0 Å². The molecule has 0 unspecified atom stereocenters. The Morgan fingerprint density at radius 3 is 0.968 bits per heavy atom. The van der Waals surface area contributed by atoms with E-state index < -0.39 is 0 Å². The van der Waals surface area contributed by atoms with E-state index in [0.29, 0.717) is 0 Å². The molecule has 0 heteroatoms. The van der Waals surface area contributed by atoms with E-state index in [2.05, 4.69) is 13.8 Å². The molecule has 0 aliphatic heterocycles. The second kappa shape index (κ2) is 12.5. The van der Waals surface area contributed by atoms with Gasteiger partial charge in [-0.15, -0.1) is 0 Å². The van der Waals surface area contributed by atoms with E-state index >= 15 is 0 Å². The molecule has 0 spiro atoms. The second-order valence-electron chi connectivity index (χ2n) is 13.4. The first kappa shape index (κ1) is 24.1. The molecule has 0 atom stereocenters. The van der Waals surface area contributed by atoms with Crippen molar-refractivity contribution in [3.05, 3.63) is 0 Å². The van der Waals surface area contributed by atoms with Gasteiger partial charge < -0.3 is 0 Å². The Bertz CT molecular complexity index is 462. The van der Waals surface area contributed by atoms with E-state index in [0.717, 1.165) is 47.3 Å². The molecule has 0 nitrogen and oxygen atoms in total. The van der Waals surface area contributed by atoms with E-state index in [4.69, 9.17) is 0 Å². The molecule has 4 fully saturated rings. The molecule has 0 N–H and O–H groups in total. The van der Waals surface area contributed by atoms with Gasteiger partial charge in [0.25, 0.3) is 0 Å². The van der Waals surface area contributed by atoms with Gasteiger partial charge in [-0.3, -0.25) is 0 Å². The molecule has 0 bridgehead atoms. The smallest absolute Gasteiger partial charge is 0.0411 e. The Kier molecular flexibility index (Phi) is 9.70. The summed E-state index contributed by atoms with van der Waals surface area (Å²) in [6, 6.07) is 0. The Hall–Kier alpha value is 0. The number of rotatable bonds is 8. The summed E-state index contributed by atoms with van der Waals surface area (Å²) in [5.41, 5.74) is 0. The molecule has 0 radical (unpaired) electrons. The molecule has 0 aromatic heterocycles. The molecule has 4 saturated carbocycles. The molecule has 0 aromatic rings. The van der Waals surface area contributed by atoms with Gasteiger partial charge >= 0.3 is 0 Å². The Labute approximate surface area is 196 Å². The van der Waals surface area contributed by atoms with Crippen LogP contribution in [0.2, 0.25) is 0 Å². The van der Waals surface area contributed by atoms with Crippen LogP contribution in [0.15, 0.2) is 0 Å². The van der Waals surface area contributed by atoms with Crippen molar-refractivity contribution in [1.82, 2.24) is 0 Å². The van der Waals surface area contributed by atoms with Crippen LogP contribution in [0.5, 0.6) is 0 Å². The number of hydrogen-bond acceptors (Lipinski definition) is 0. The summed E-state index contributed by atoms with van der Waals surface area (Å²) in [6.07, 6.45) is 32.7. The predicted octanol–water partition coefficient (Wildman–Crippen LogP) is 10.2. The van der Waals surface area contributed by atoms with E-state index in [1.54, 1.807) is 89.9 Å². The molecule has 4 aliphatic rings. The molecule has 31 heavy (non-hydrogen) atoms. The number of hydrogen-bond donors (Lipinski definition) is 0. The van der Waals surface area contributed by atoms with Crippen molar-refractivity contribution >= 4 is 0 Å². The second-order valence-corrected chi connectivity index (χ2v) is 13.4. The summed E-state index contributed by atoms with van der Waals surface area (Å²) in [6.45, 7) is 4.92. The molecule has 0 amide bonds. The van der Waals surface area contributed by atoms with Crippen molar-refractivity contribution in [2.45, 2.75) is 149 Å². The monoisotopic (exact) mass is 428 g/mol. The van der Waals surface area contributed by atoms with Gasteiger partial charge in [0.05, 0.1) is 0 Å². The molecule has 4 aliphatic carbocycles. The lowest BCUT2D eigenvalue weighted by Crippen LogP contribution is -2.23. The molecule has 0 heterocycles. The maximum atomic E-state index is 2.47. The molecule has 4 rings (SSSR count). The van der Waals surface area contributed by atoms with Crippen LogP contribution in [0, 0.1) is 47.3 Å². The van der Waals surface area contributed by atoms with Crippen molar-refractivity contribution in [3.8, 4) is 0 Å². The van der Waals surface area contributed by atoms with Crippen LogP contribution in [-0.2, 0) is 0 Å². The maximum absolute atomic E-state index is 2.47. The van der Waals surface area contributed by atoms with Crippen LogP contribution in [0.25, 0.3) is 0 Å². The average molecular weight is 429 g/mol. The van der Waals surface area contributed by atoms with Crippen molar-refractivity contribution in [2.24, 2.45) is 47.3 Å². The van der Waals surface area contributed by atoms with E-state index in [1.807, 2.05) is 0 Å². The first-order valence-electron chi connectivity index (χ1n) is 15.1. The standard InChI is InChI=1S/C31H56/c1-24-6-10-26(11-7-24)4-3-5-27-14-16-29(17-15-27)23-31-20-18-30(19-21-31)22-28-12-8-25(2)9-13-28/h24-31H,3-23H2,1-2H3. The molecular formula is C31H56. The lowest BCUT2D eigenvalue weighted by atomic mass is 9.70. The molecule has 180 valence electrons. The van der Waals surface area contributed by atoms with E-state index in [-0.39, 0.29) is 0 Å². The van der Waals surface area contributed by atoms with Gasteiger partial charge in [0, 0.05) is 0 Å². The zero-order valence-electron chi connectivity index (χ0n) is 21.5. The van der Waals surface area contributed by atoms with Crippen LogP contribution < -0.4 is 0 Å². The van der Waals surface area contributed by atoms with Crippen molar-refractivity contribution in [2.75, 3.05) is 0 Å². The fourth-order valence-electron chi connectivity index (χ4n) is 8.28. The fourth-order valence-corrected chi connectivity index (χ4v) is 8.28. The van der Waals surface area contributed by atoms with Crippen LogP contribution >= 0.6 is 0 Å². The van der Waals surface area contributed by atoms with E-state index in [9.17, 15) is 0 Å². The zero-order valence-corrected chi connectivity index (χ0v) is 21.5. The van der Waals surface area contributed by atoms with Crippen molar-refractivity contribution in [3.63, 3.8) is 0 Å². The quantitative estimate of drug-likeness (QED) is 0.360. The average Bonchev–Trinajstić information content (AvgIpc) is 2.79. The third-order valence-electron chi connectivity index (χ3n) is 10.8. The van der Waals surface area contributed by atoms with Gasteiger partial charge in [0.15, 0.2) is 0 Å². The first-order chi connectivity index (χ1) is 15.1. The van der Waals surface area contributed by atoms with Gasteiger partial charge in [0.1, 0.15) is 0 Å². The highest BCUT2D eigenvalue weighted by atomic mass is 14.3. The van der Waals surface area contributed by atoms with Crippen LogP contribution in [0.4, 0.5) is 0 Å². The summed E-state index contributed by atoms with van der Waals surface area (Å²) in [5, 5.41) is 0. The largest absolute Gasteiger partial charge is 0.0625 e. The highest BCUT2D eigenvalue weighted by molar-refractivity contribution is 4.81. The normalized spacial score (nSPS) is 42.4. The van der Waals surface area contributed by atoms with Gasteiger partial charge in [-0.2, -0.15) is 0 Å².